The fourth-order valence-corrected chi connectivity index (χ4v) is 2.81. The SMILES string of the molecule is COc1cc2ccccc2cc1C(=O)OCC(=O)N(C)Cc1ccc(F)cc1. The van der Waals surface area contributed by atoms with Gasteiger partial charge in [-0.3, -0.25) is 4.79 Å². The van der Waals surface area contributed by atoms with Gasteiger partial charge in [-0.05, 0) is 40.6 Å². The van der Waals surface area contributed by atoms with Crippen molar-refractivity contribution in [2.75, 3.05) is 20.8 Å². The molecule has 0 saturated carbocycles. The molecule has 0 aliphatic heterocycles. The van der Waals surface area contributed by atoms with Crippen LogP contribution in [0.15, 0.2) is 60.7 Å². The molecule has 144 valence electrons. The number of carbonyl (C=O) groups is 2. The number of likely N-dealkylation sites (N-methyl/N-ethyl adjacent to an activating group) is 1. The average Bonchev–Trinajstić information content (AvgIpc) is 2.72. The third-order valence-corrected chi connectivity index (χ3v) is 4.37. The second kappa shape index (κ2) is 8.52. The number of nitrogens with zero attached hydrogens (tertiary/aromatic N) is 1. The molecule has 0 aromatic heterocycles. The molecule has 0 atom stereocenters. The average molecular weight is 381 g/mol. The van der Waals surface area contributed by atoms with E-state index in [-0.39, 0.29) is 23.8 Å². The molecule has 0 aliphatic carbocycles. The Balaban J connectivity index is 1.65. The summed E-state index contributed by atoms with van der Waals surface area (Å²) in [6, 6.07) is 16.9. The zero-order valence-corrected chi connectivity index (χ0v) is 15.6. The van der Waals surface area contributed by atoms with Crippen LogP contribution in [-0.2, 0) is 16.1 Å². The Hall–Kier alpha value is -3.41. The lowest BCUT2D eigenvalue weighted by atomic mass is 10.1. The maximum Gasteiger partial charge on any atom is 0.342 e. The maximum atomic E-state index is 13.0. The van der Waals surface area contributed by atoms with E-state index < -0.39 is 12.6 Å². The number of hydrogen-bond acceptors (Lipinski definition) is 4. The van der Waals surface area contributed by atoms with Crippen molar-refractivity contribution >= 4 is 22.6 Å². The smallest absolute Gasteiger partial charge is 0.342 e. The second-order valence-electron chi connectivity index (χ2n) is 6.35. The first kappa shape index (κ1) is 19.4. The summed E-state index contributed by atoms with van der Waals surface area (Å²) in [5.74, 6) is -0.949. The topological polar surface area (TPSA) is 55.8 Å². The summed E-state index contributed by atoms with van der Waals surface area (Å²) in [4.78, 5) is 26.2. The number of halogens is 1. The van der Waals surface area contributed by atoms with E-state index in [9.17, 15) is 14.0 Å². The van der Waals surface area contributed by atoms with Crippen molar-refractivity contribution in [1.82, 2.24) is 4.90 Å². The van der Waals surface area contributed by atoms with Gasteiger partial charge in [-0.2, -0.15) is 0 Å². The molecule has 3 rings (SSSR count). The Morgan fingerprint density at radius 2 is 1.64 bits per heavy atom. The van der Waals surface area contributed by atoms with Crippen LogP contribution in [0.1, 0.15) is 15.9 Å². The van der Waals surface area contributed by atoms with Gasteiger partial charge in [0.1, 0.15) is 17.1 Å². The second-order valence-corrected chi connectivity index (χ2v) is 6.35. The number of amides is 1. The van der Waals surface area contributed by atoms with E-state index >= 15 is 0 Å². The molecule has 3 aromatic rings. The summed E-state index contributed by atoms with van der Waals surface area (Å²) in [7, 11) is 3.07. The molecule has 0 fully saturated rings. The third-order valence-electron chi connectivity index (χ3n) is 4.37. The predicted octanol–water partition coefficient (Wildman–Crippen LogP) is 3.80. The lowest BCUT2D eigenvalue weighted by molar-refractivity contribution is -0.133. The molecule has 1 amide bonds. The molecule has 3 aromatic carbocycles. The lowest BCUT2D eigenvalue weighted by Crippen LogP contribution is -2.30. The summed E-state index contributed by atoms with van der Waals surface area (Å²) in [5, 5.41) is 1.81. The molecule has 0 bridgehead atoms. The summed E-state index contributed by atoms with van der Waals surface area (Å²) in [6.45, 7) is -0.109. The fraction of sp³-hybridized carbons (Fsp3) is 0.182. The third kappa shape index (κ3) is 4.46. The number of fused-ring (bicyclic) bond motifs is 1. The van der Waals surface area contributed by atoms with Crippen LogP contribution in [0.4, 0.5) is 4.39 Å². The van der Waals surface area contributed by atoms with E-state index in [1.807, 2.05) is 24.3 Å². The van der Waals surface area contributed by atoms with Crippen LogP contribution in [-0.4, -0.2) is 37.5 Å². The van der Waals surface area contributed by atoms with Gasteiger partial charge in [-0.1, -0.05) is 36.4 Å². The Kier molecular flexibility index (Phi) is 5.89. The van der Waals surface area contributed by atoms with Crippen LogP contribution < -0.4 is 4.74 Å². The van der Waals surface area contributed by atoms with Crippen LogP contribution >= 0.6 is 0 Å². The number of carbonyl (C=O) groups excluding carboxylic acids is 2. The highest BCUT2D eigenvalue weighted by atomic mass is 19.1. The minimum absolute atomic E-state index is 0.259. The van der Waals surface area contributed by atoms with E-state index in [4.69, 9.17) is 9.47 Å². The van der Waals surface area contributed by atoms with Gasteiger partial charge in [0.05, 0.1) is 7.11 Å². The lowest BCUT2D eigenvalue weighted by Gasteiger charge is -2.17. The van der Waals surface area contributed by atoms with E-state index in [2.05, 4.69) is 0 Å². The highest BCUT2D eigenvalue weighted by molar-refractivity contribution is 5.99. The molecule has 6 heteroatoms. The van der Waals surface area contributed by atoms with Gasteiger partial charge in [-0.15, -0.1) is 0 Å². The largest absolute Gasteiger partial charge is 0.496 e. The molecule has 5 nitrogen and oxygen atoms in total. The molecular weight excluding hydrogens is 361 g/mol. The predicted molar refractivity (Wildman–Crippen MR) is 104 cm³/mol. The molecule has 0 aliphatic rings. The van der Waals surface area contributed by atoms with Crippen molar-refractivity contribution < 1.29 is 23.5 Å². The molecule has 0 spiro atoms. The molecular formula is C22H20FNO4. The molecule has 0 saturated heterocycles. The van der Waals surface area contributed by atoms with Crippen molar-refractivity contribution in [2.45, 2.75) is 6.54 Å². The van der Waals surface area contributed by atoms with E-state index in [1.165, 1.54) is 24.1 Å². The van der Waals surface area contributed by atoms with Crippen LogP contribution in [0.5, 0.6) is 5.75 Å². The summed E-state index contributed by atoms with van der Waals surface area (Å²) >= 11 is 0. The van der Waals surface area contributed by atoms with Gasteiger partial charge >= 0.3 is 5.97 Å². The molecule has 0 N–H and O–H groups in total. The molecule has 0 heterocycles. The first-order chi connectivity index (χ1) is 13.5. The standard InChI is InChI=1S/C22H20FNO4/c1-24(13-15-7-9-18(23)10-8-15)21(25)14-28-22(26)19-11-16-5-3-4-6-17(16)12-20(19)27-2/h3-12H,13-14H2,1-2H3. The highest BCUT2D eigenvalue weighted by Gasteiger charge is 2.18. The quantitative estimate of drug-likeness (QED) is 0.610. The number of esters is 1. The number of methoxy groups -OCH3 is 1. The maximum absolute atomic E-state index is 13.0. The zero-order valence-electron chi connectivity index (χ0n) is 15.6. The number of ether oxygens (including phenoxy) is 2. The van der Waals surface area contributed by atoms with Gasteiger partial charge in [0, 0.05) is 13.6 Å². The van der Waals surface area contributed by atoms with Crippen LogP contribution in [0.2, 0.25) is 0 Å². The molecule has 28 heavy (non-hydrogen) atoms. The number of rotatable bonds is 6. The Labute approximate surface area is 162 Å². The minimum atomic E-state index is -0.633. The Morgan fingerprint density at radius 3 is 2.29 bits per heavy atom. The summed E-state index contributed by atoms with van der Waals surface area (Å²) in [5.41, 5.74) is 1.04. The van der Waals surface area contributed by atoms with Gasteiger partial charge in [0.15, 0.2) is 6.61 Å². The van der Waals surface area contributed by atoms with Crippen LogP contribution in [0.25, 0.3) is 10.8 Å². The number of hydrogen-bond donors (Lipinski definition) is 0. The number of benzene rings is 3. The summed E-state index contributed by atoms with van der Waals surface area (Å²) < 4.78 is 23.4. The van der Waals surface area contributed by atoms with E-state index in [1.54, 1.807) is 31.3 Å². The normalized spacial score (nSPS) is 10.5. The van der Waals surface area contributed by atoms with E-state index in [0.29, 0.717) is 5.75 Å². The van der Waals surface area contributed by atoms with Gasteiger partial charge < -0.3 is 14.4 Å². The molecule has 0 radical (unpaired) electrons. The summed E-state index contributed by atoms with van der Waals surface area (Å²) in [6.07, 6.45) is 0. The first-order valence-electron chi connectivity index (χ1n) is 8.70. The van der Waals surface area contributed by atoms with Gasteiger partial charge in [0.25, 0.3) is 5.91 Å². The van der Waals surface area contributed by atoms with Gasteiger partial charge in [-0.25, -0.2) is 9.18 Å². The van der Waals surface area contributed by atoms with E-state index in [0.717, 1.165) is 16.3 Å². The van der Waals surface area contributed by atoms with Crippen molar-refractivity contribution in [3.63, 3.8) is 0 Å². The highest BCUT2D eigenvalue weighted by Crippen LogP contribution is 2.26. The van der Waals surface area contributed by atoms with Crippen LogP contribution in [0.3, 0.4) is 0 Å². The molecule has 0 unspecified atom stereocenters. The Morgan fingerprint density at radius 1 is 1.00 bits per heavy atom. The van der Waals surface area contributed by atoms with Gasteiger partial charge in [0.2, 0.25) is 0 Å². The van der Waals surface area contributed by atoms with Crippen molar-refractivity contribution in [1.29, 1.82) is 0 Å². The first-order valence-corrected chi connectivity index (χ1v) is 8.70. The Bertz CT molecular complexity index is 1000. The van der Waals surface area contributed by atoms with Crippen LogP contribution in [0, 0.1) is 5.82 Å². The van der Waals surface area contributed by atoms with Crippen molar-refractivity contribution in [2.24, 2.45) is 0 Å². The fourth-order valence-electron chi connectivity index (χ4n) is 2.81. The van der Waals surface area contributed by atoms with Crippen molar-refractivity contribution in [3.05, 3.63) is 77.6 Å². The zero-order chi connectivity index (χ0) is 20.1. The monoisotopic (exact) mass is 381 g/mol. The van der Waals surface area contributed by atoms with Crippen molar-refractivity contribution in [3.8, 4) is 5.75 Å². The minimum Gasteiger partial charge on any atom is -0.496 e.